The molecule has 4 nitrogen and oxygen atoms in total. The lowest BCUT2D eigenvalue weighted by molar-refractivity contribution is -0.00815. The van der Waals surface area contributed by atoms with Crippen LogP contribution in [0.15, 0.2) is 12.3 Å². The van der Waals surface area contributed by atoms with E-state index in [1.807, 2.05) is 27.7 Å². The summed E-state index contributed by atoms with van der Waals surface area (Å²) < 4.78 is 5.50. The Balaban J connectivity index is 2.66. The first-order valence-electron chi connectivity index (χ1n) is 5.90. The van der Waals surface area contributed by atoms with Crippen molar-refractivity contribution in [3.05, 3.63) is 28.5 Å². The standard InChI is InChI=1S/C13H19ClN2O2/c1-5-18-13(3,4)8-16-12(17)10-7-15-9(2)6-11(10)14/h6-7H,5,8H2,1-4H3,(H,16,17). The van der Waals surface area contributed by atoms with Crippen LogP contribution in [0, 0.1) is 6.92 Å². The van der Waals surface area contributed by atoms with E-state index < -0.39 is 5.60 Å². The molecule has 100 valence electrons. The number of halogens is 1. The van der Waals surface area contributed by atoms with Crippen LogP contribution in [0.2, 0.25) is 5.02 Å². The van der Waals surface area contributed by atoms with E-state index in [0.29, 0.717) is 23.7 Å². The molecule has 0 unspecified atom stereocenters. The molecule has 0 aliphatic carbocycles. The summed E-state index contributed by atoms with van der Waals surface area (Å²) in [6.07, 6.45) is 1.49. The number of hydrogen-bond donors (Lipinski definition) is 1. The molecule has 1 aromatic rings. The Morgan fingerprint density at radius 3 is 2.78 bits per heavy atom. The van der Waals surface area contributed by atoms with Crippen molar-refractivity contribution in [3.63, 3.8) is 0 Å². The molecular weight excluding hydrogens is 252 g/mol. The van der Waals surface area contributed by atoms with Gasteiger partial charge in [-0.2, -0.15) is 0 Å². The van der Waals surface area contributed by atoms with E-state index in [1.165, 1.54) is 6.20 Å². The highest BCUT2D eigenvalue weighted by atomic mass is 35.5. The first-order valence-corrected chi connectivity index (χ1v) is 6.28. The number of carbonyl (C=O) groups excluding carboxylic acids is 1. The molecule has 0 saturated heterocycles. The minimum atomic E-state index is -0.394. The van der Waals surface area contributed by atoms with Crippen LogP contribution in [-0.4, -0.2) is 29.6 Å². The third-order valence-electron chi connectivity index (χ3n) is 2.44. The van der Waals surface area contributed by atoms with Gasteiger partial charge in [-0.3, -0.25) is 9.78 Å². The molecule has 0 saturated carbocycles. The number of amides is 1. The Hall–Kier alpha value is -1.13. The lowest BCUT2D eigenvalue weighted by Gasteiger charge is -2.24. The second-order valence-corrected chi connectivity index (χ2v) is 5.09. The summed E-state index contributed by atoms with van der Waals surface area (Å²) in [5.74, 6) is -0.236. The fourth-order valence-electron chi connectivity index (χ4n) is 1.52. The summed E-state index contributed by atoms with van der Waals surface area (Å²) >= 11 is 6.00. The van der Waals surface area contributed by atoms with Crippen LogP contribution in [0.4, 0.5) is 0 Å². The molecule has 18 heavy (non-hydrogen) atoms. The maximum atomic E-state index is 11.9. The normalized spacial score (nSPS) is 11.4. The Labute approximate surface area is 113 Å². The molecule has 1 amide bonds. The van der Waals surface area contributed by atoms with E-state index in [-0.39, 0.29) is 5.91 Å². The number of aryl methyl sites for hydroxylation is 1. The monoisotopic (exact) mass is 270 g/mol. The van der Waals surface area contributed by atoms with Crippen LogP contribution >= 0.6 is 11.6 Å². The molecule has 1 aromatic heterocycles. The third kappa shape index (κ3) is 4.27. The van der Waals surface area contributed by atoms with Crippen molar-refractivity contribution in [2.45, 2.75) is 33.3 Å². The van der Waals surface area contributed by atoms with Crippen molar-refractivity contribution < 1.29 is 9.53 Å². The van der Waals surface area contributed by atoms with Gasteiger partial charge in [-0.1, -0.05) is 11.6 Å². The van der Waals surface area contributed by atoms with Crippen LogP contribution in [0.1, 0.15) is 36.8 Å². The Kier molecular flexibility index (Phi) is 5.11. The number of rotatable bonds is 5. The Morgan fingerprint density at radius 1 is 1.56 bits per heavy atom. The van der Waals surface area contributed by atoms with Gasteiger partial charge in [-0.05, 0) is 33.8 Å². The van der Waals surface area contributed by atoms with E-state index in [0.717, 1.165) is 5.69 Å². The van der Waals surface area contributed by atoms with Gasteiger partial charge in [0.1, 0.15) is 0 Å². The lowest BCUT2D eigenvalue weighted by atomic mass is 10.1. The van der Waals surface area contributed by atoms with Crippen LogP contribution in [0.3, 0.4) is 0 Å². The zero-order valence-corrected chi connectivity index (χ0v) is 12.0. The van der Waals surface area contributed by atoms with Crippen LogP contribution in [-0.2, 0) is 4.74 Å². The zero-order chi connectivity index (χ0) is 13.8. The summed E-state index contributed by atoms with van der Waals surface area (Å²) in [5.41, 5.74) is 0.774. The number of nitrogens with one attached hydrogen (secondary N) is 1. The maximum Gasteiger partial charge on any atom is 0.254 e. The molecule has 0 radical (unpaired) electrons. The third-order valence-corrected chi connectivity index (χ3v) is 2.76. The number of aromatic nitrogens is 1. The van der Waals surface area contributed by atoms with Crippen LogP contribution in [0.5, 0.6) is 0 Å². The van der Waals surface area contributed by atoms with E-state index >= 15 is 0 Å². The fraction of sp³-hybridized carbons (Fsp3) is 0.538. The average molecular weight is 271 g/mol. The summed E-state index contributed by atoms with van der Waals surface area (Å²) in [4.78, 5) is 16.0. The molecule has 0 aliphatic rings. The molecular formula is C13H19ClN2O2. The highest BCUT2D eigenvalue weighted by molar-refractivity contribution is 6.33. The smallest absolute Gasteiger partial charge is 0.254 e. The van der Waals surface area contributed by atoms with Gasteiger partial charge in [0, 0.05) is 25.0 Å². The van der Waals surface area contributed by atoms with Gasteiger partial charge in [-0.15, -0.1) is 0 Å². The fourth-order valence-corrected chi connectivity index (χ4v) is 1.82. The highest BCUT2D eigenvalue weighted by Crippen LogP contribution is 2.16. The van der Waals surface area contributed by atoms with E-state index in [1.54, 1.807) is 6.07 Å². The van der Waals surface area contributed by atoms with Crippen molar-refractivity contribution in [2.75, 3.05) is 13.2 Å². The summed E-state index contributed by atoms with van der Waals surface area (Å²) in [6, 6.07) is 1.67. The van der Waals surface area contributed by atoms with Gasteiger partial charge in [0.2, 0.25) is 0 Å². The predicted molar refractivity (Wildman–Crippen MR) is 72.0 cm³/mol. The number of pyridine rings is 1. The lowest BCUT2D eigenvalue weighted by Crippen LogP contribution is -2.40. The van der Waals surface area contributed by atoms with Crippen molar-refractivity contribution >= 4 is 17.5 Å². The molecule has 0 bridgehead atoms. The summed E-state index contributed by atoms with van der Waals surface area (Å²) in [7, 11) is 0. The minimum Gasteiger partial charge on any atom is -0.374 e. The van der Waals surface area contributed by atoms with Crippen LogP contribution in [0.25, 0.3) is 0 Å². The number of nitrogens with zero attached hydrogens (tertiary/aromatic N) is 1. The molecule has 1 heterocycles. The molecule has 0 aromatic carbocycles. The van der Waals surface area contributed by atoms with Crippen LogP contribution < -0.4 is 5.32 Å². The van der Waals surface area contributed by atoms with Crippen molar-refractivity contribution in [1.29, 1.82) is 0 Å². The molecule has 1 N–H and O–H groups in total. The highest BCUT2D eigenvalue weighted by Gasteiger charge is 2.20. The molecule has 1 rings (SSSR count). The SMILES string of the molecule is CCOC(C)(C)CNC(=O)c1cnc(C)cc1Cl. The second-order valence-electron chi connectivity index (χ2n) is 4.68. The minimum absolute atomic E-state index is 0.236. The van der Waals surface area contributed by atoms with Gasteiger partial charge < -0.3 is 10.1 Å². The first kappa shape index (κ1) is 14.9. The number of hydrogen-bond acceptors (Lipinski definition) is 3. The van der Waals surface area contributed by atoms with E-state index in [9.17, 15) is 4.79 Å². The predicted octanol–water partition coefficient (Wildman–Crippen LogP) is 2.59. The zero-order valence-electron chi connectivity index (χ0n) is 11.2. The molecule has 0 atom stereocenters. The van der Waals surface area contributed by atoms with E-state index in [2.05, 4.69) is 10.3 Å². The number of carbonyl (C=O) groups is 1. The van der Waals surface area contributed by atoms with Gasteiger partial charge in [0.05, 0.1) is 16.2 Å². The molecule has 0 spiro atoms. The Bertz CT molecular complexity index is 433. The van der Waals surface area contributed by atoms with E-state index in [4.69, 9.17) is 16.3 Å². The second kappa shape index (κ2) is 6.16. The summed E-state index contributed by atoms with van der Waals surface area (Å²) in [5, 5.41) is 3.21. The maximum absolute atomic E-state index is 11.9. The Morgan fingerprint density at radius 2 is 2.22 bits per heavy atom. The topological polar surface area (TPSA) is 51.2 Å². The quantitative estimate of drug-likeness (QED) is 0.895. The molecule has 0 fully saturated rings. The number of ether oxygens (including phenoxy) is 1. The summed E-state index contributed by atoms with van der Waals surface area (Å²) in [6.45, 7) is 8.62. The van der Waals surface area contributed by atoms with Gasteiger partial charge in [-0.25, -0.2) is 0 Å². The van der Waals surface area contributed by atoms with Crippen molar-refractivity contribution in [1.82, 2.24) is 10.3 Å². The van der Waals surface area contributed by atoms with Gasteiger partial charge in [0.25, 0.3) is 5.91 Å². The first-order chi connectivity index (χ1) is 8.35. The van der Waals surface area contributed by atoms with Gasteiger partial charge >= 0.3 is 0 Å². The average Bonchev–Trinajstić information content (AvgIpc) is 2.26. The molecule has 5 heteroatoms. The largest absolute Gasteiger partial charge is 0.374 e. The molecule has 0 aliphatic heterocycles. The van der Waals surface area contributed by atoms with Crippen molar-refractivity contribution in [2.24, 2.45) is 0 Å². The van der Waals surface area contributed by atoms with Crippen molar-refractivity contribution in [3.8, 4) is 0 Å². The van der Waals surface area contributed by atoms with Gasteiger partial charge in [0.15, 0.2) is 0 Å².